The maximum atomic E-state index is 11.6. The van der Waals surface area contributed by atoms with Crippen LogP contribution in [0.15, 0.2) is 24.3 Å². The van der Waals surface area contributed by atoms with Crippen molar-refractivity contribution in [1.29, 1.82) is 0 Å². The Hall–Kier alpha value is -1.55. The Morgan fingerprint density at radius 1 is 1.40 bits per heavy atom. The van der Waals surface area contributed by atoms with Gasteiger partial charge in [0.2, 0.25) is 5.91 Å². The van der Waals surface area contributed by atoms with Crippen LogP contribution in [-0.2, 0) is 4.79 Å². The summed E-state index contributed by atoms with van der Waals surface area (Å²) in [6.07, 6.45) is 0. The van der Waals surface area contributed by atoms with E-state index in [1.165, 1.54) is 0 Å². The van der Waals surface area contributed by atoms with Crippen LogP contribution in [0, 0.1) is 5.92 Å². The van der Waals surface area contributed by atoms with E-state index in [1.54, 1.807) is 24.3 Å². The zero-order valence-corrected chi connectivity index (χ0v) is 8.95. The molecule has 0 aliphatic carbocycles. The Kier molecular flexibility index (Phi) is 4.12. The predicted molar refractivity (Wildman–Crippen MR) is 59.8 cm³/mol. The van der Waals surface area contributed by atoms with E-state index in [2.05, 4.69) is 10.6 Å². The number of aromatic hydroxyl groups is 1. The fourth-order valence-corrected chi connectivity index (χ4v) is 1.21. The zero-order chi connectivity index (χ0) is 11.3. The van der Waals surface area contributed by atoms with Crippen molar-refractivity contribution in [3.63, 3.8) is 0 Å². The summed E-state index contributed by atoms with van der Waals surface area (Å²) in [5.41, 5.74) is 0.695. The van der Waals surface area contributed by atoms with Crippen LogP contribution in [0.5, 0.6) is 5.75 Å². The van der Waals surface area contributed by atoms with Crippen molar-refractivity contribution in [3.05, 3.63) is 24.3 Å². The molecule has 82 valence electrons. The van der Waals surface area contributed by atoms with Crippen molar-refractivity contribution < 1.29 is 9.90 Å². The van der Waals surface area contributed by atoms with Crippen LogP contribution in [0.4, 0.5) is 5.69 Å². The minimum absolute atomic E-state index is 0.0324. The molecule has 1 amide bonds. The summed E-state index contributed by atoms with van der Waals surface area (Å²) in [5, 5.41) is 14.8. The molecule has 0 aromatic heterocycles. The lowest BCUT2D eigenvalue weighted by molar-refractivity contribution is -0.119. The number of phenolic OH excluding ortho intramolecular Hbond substituents is 1. The minimum atomic E-state index is -0.0798. The van der Waals surface area contributed by atoms with E-state index in [4.69, 9.17) is 5.11 Å². The maximum absolute atomic E-state index is 11.6. The number of nitrogens with one attached hydrogen (secondary N) is 2. The SMILES string of the molecule is CNCC(C)C(=O)Nc1ccc(O)cc1. The van der Waals surface area contributed by atoms with Crippen molar-refractivity contribution in [2.45, 2.75) is 6.92 Å². The van der Waals surface area contributed by atoms with Gasteiger partial charge in [0.1, 0.15) is 5.75 Å². The fraction of sp³-hybridized carbons (Fsp3) is 0.364. The van der Waals surface area contributed by atoms with Gasteiger partial charge in [0.15, 0.2) is 0 Å². The van der Waals surface area contributed by atoms with Crippen molar-refractivity contribution in [1.82, 2.24) is 5.32 Å². The molecular formula is C11H16N2O2. The van der Waals surface area contributed by atoms with E-state index >= 15 is 0 Å². The number of carbonyl (C=O) groups is 1. The number of benzene rings is 1. The van der Waals surface area contributed by atoms with Crippen LogP contribution >= 0.6 is 0 Å². The molecule has 1 atom stereocenters. The maximum Gasteiger partial charge on any atom is 0.228 e. The van der Waals surface area contributed by atoms with Crippen LogP contribution in [0.25, 0.3) is 0 Å². The molecule has 0 heterocycles. The van der Waals surface area contributed by atoms with Crippen LogP contribution in [0.2, 0.25) is 0 Å². The second-order valence-corrected chi connectivity index (χ2v) is 3.49. The Balaban J connectivity index is 2.54. The van der Waals surface area contributed by atoms with Crippen LogP contribution in [0.1, 0.15) is 6.92 Å². The van der Waals surface area contributed by atoms with E-state index < -0.39 is 0 Å². The van der Waals surface area contributed by atoms with Gasteiger partial charge in [-0.15, -0.1) is 0 Å². The van der Waals surface area contributed by atoms with Gasteiger partial charge in [-0.05, 0) is 31.3 Å². The van der Waals surface area contributed by atoms with Gasteiger partial charge in [-0.25, -0.2) is 0 Å². The lowest BCUT2D eigenvalue weighted by Gasteiger charge is -2.11. The lowest BCUT2D eigenvalue weighted by atomic mass is 10.1. The topological polar surface area (TPSA) is 61.4 Å². The molecule has 0 radical (unpaired) electrons. The Bertz CT molecular complexity index is 322. The molecule has 4 heteroatoms. The molecule has 0 spiro atoms. The molecule has 0 saturated carbocycles. The van der Waals surface area contributed by atoms with Gasteiger partial charge in [0.25, 0.3) is 0 Å². The first-order valence-corrected chi connectivity index (χ1v) is 4.88. The zero-order valence-electron chi connectivity index (χ0n) is 8.95. The number of hydrogen-bond donors (Lipinski definition) is 3. The average Bonchev–Trinajstić information content (AvgIpc) is 2.22. The third-order valence-electron chi connectivity index (χ3n) is 2.09. The summed E-state index contributed by atoms with van der Waals surface area (Å²) in [6.45, 7) is 2.50. The van der Waals surface area contributed by atoms with Gasteiger partial charge in [-0.2, -0.15) is 0 Å². The van der Waals surface area contributed by atoms with Gasteiger partial charge >= 0.3 is 0 Å². The molecule has 4 nitrogen and oxygen atoms in total. The first kappa shape index (κ1) is 11.5. The summed E-state index contributed by atoms with van der Waals surface area (Å²) in [5.74, 6) is 0.0788. The molecule has 3 N–H and O–H groups in total. The van der Waals surface area contributed by atoms with Crippen molar-refractivity contribution in [2.75, 3.05) is 18.9 Å². The summed E-state index contributed by atoms with van der Waals surface area (Å²) in [4.78, 5) is 11.6. The van der Waals surface area contributed by atoms with E-state index in [-0.39, 0.29) is 17.6 Å². The van der Waals surface area contributed by atoms with Crippen LogP contribution in [0.3, 0.4) is 0 Å². The molecule has 0 saturated heterocycles. The number of amides is 1. The molecule has 0 bridgehead atoms. The van der Waals surface area contributed by atoms with Crippen molar-refractivity contribution >= 4 is 11.6 Å². The Morgan fingerprint density at radius 3 is 2.53 bits per heavy atom. The number of rotatable bonds is 4. The highest BCUT2D eigenvalue weighted by Crippen LogP contribution is 2.14. The highest BCUT2D eigenvalue weighted by atomic mass is 16.3. The van der Waals surface area contributed by atoms with Gasteiger partial charge in [-0.1, -0.05) is 6.92 Å². The quantitative estimate of drug-likeness (QED) is 0.651. The van der Waals surface area contributed by atoms with E-state index in [0.717, 1.165) is 0 Å². The summed E-state index contributed by atoms with van der Waals surface area (Å²) in [6, 6.07) is 6.41. The van der Waals surface area contributed by atoms with E-state index in [0.29, 0.717) is 12.2 Å². The third kappa shape index (κ3) is 3.59. The van der Waals surface area contributed by atoms with Gasteiger partial charge in [-0.3, -0.25) is 4.79 Å². The third-order valence-corrected chi connectivity index (χ3v) is 2.09. The molecular weight excluding hydrogens is 192 g/mol. The summed E-state index contributed by atoms with van der Waals surface area (Å²) >= 11 is 0. The normalized spacial score (nSPS) is 12.1. The highest BCUT2D eigenvalue weighted by molar-refractivity contribution is 5.92. The Labute approximate surface area is 89.3 Å². The molecule has 1 unspecified atom stereocenters. The summed E-state index contributed by atoms with van der Waals surface area (Å²) < 4.78 is 0. The number of anilines is 1. The molecule has 1 rings (SSSR count). The molecule has 0 aliphatic heterocycles. The predicted octanol–water partition coefficient (Wildman–Crippen LogP) is 1.19. The van der Waals surface area contributed by atoms with Crippen LogP contribution in [-0.4, -0.2) is 24.6 Å². The van der Waals surface area contributed by atoms with Gasteiger partial charge in [0, 0.05) is 18.2 Å². The molecule has 0 aliphatic rings. The van der Waals surface area contributed by atoms with Crippen molar-refractivity contribution in [2.24, 2.45) is 5.92 Å². The van der Waals surface area contributed by atoms with Gasteiger partial charge < -0.3 is 15.7 Å². The summed E-state index contributed by atoms with van der Waals surface area (Å²) in [7, 11) is 1.81. The van der Waals surface area contributed by atoms with E-state index in [9.17, 15) is 4.79 Å². The first-order chi connectivity index (χ1) is 7.13. The fourth-order valence-electron chi connectivity index (χ4n) is 1.21. The Morgan fingerprint density at radius 2 is 2.00 bits per heavy atom. The monoisotopic (exact) mass is 208 g/mol. The largest absolute Gasteiger partial charge is 0.508 e. The number of carbonyl (C=O) groups excluding carboxylic acids is 1. The lowest BCUT2D eigenvalue weighted by Crippen LogP contribution is -2.28. The smallest absolute Gasteiger partial charge is 0.228 e. The average molecular weight is 208 g/mol. The minimum Gasteiger partial charge on any atom is -0.508 e. The van der Waals surface area contributed by atoms with Gasteiger partial charge in [0.05, 0.1) is 0 Å². The number of phenols is 1. The molecule has 0 fully saturated rings. The molecule has 1 aromatic rings. The van der Waals surface area contributed by atoms with Crippen LogP contribution < -0.4 is 10.6 Å². The van der Waals surface area contributed by atoms with E-state index in [1.807, 2.05) is 14.0 Å². The number of hydrogen-bond acceptors (Lipinski definition) is 3. The molecule has 15 heavy (non-hydrogen) atoms. The highest BCUT2D eigenvalue weighted by Gasteiger charge is 2.11. The second kappa shape index (κ2) is 5.36. The first-order valence-electron chi connectivity index (χ1n) is 4.88. The molecule has 1 aromatic carbocycles. The standard InChI is InChI=1S/C11H16N2O2/c1-8(7-12-2)11(15)13-9-3-5-10(14)6-4-9/h3-6,8,12,14H,7H2,1-2H3,(H,13,15). The second-order valence-electron chi connectivity index (χ2n) is 3.49. The van der Waals surface area contributed by atoms with Crippen molar-refractivity contribution in [3.8, 4) is 5.75 Å².